The molecule has 0 saturated carbocycles. The highest BCUT2D eigenvalue weighted by atomic mass is 15.1. The highest BCUT2D eigenvalue weighted by Gasteiger charge is 2.26. The molecule has 0 unspecified atom stereocenters. The van der Waals surface area contributed by atoms with Crippen LogP contribution in [0.15, 0.2) is 224 Å². The van der Waals surface area contributed by atoms with Crippen molar-refractivity contribution in [2.75, 3.05) is 4.90 Å². The van der Waals surface area contributed by atoms with Gasteiger partial charge in [-0.05, 0) is 78.5 Å². The molecule has 0 radical (unpaired) electrons. The number of hydrogen-bond donors (Lipinski definition) is 0. The van der Waals surface area contributed by atoms with Gasteiger partial charge in [-0.2, -0.15) is 0 Å². The first-order valence-electron chi connectivity index (χ1n) is 18.9. The van der Waals surface area contributed by atoms with E-state index in [0.29, 0.717) is 0 Å². The third-order valence-corrected chi connectivity index (χ3v) is 10.9. The summed E-state index contributed by atoms with van der Waals surface area (Å²) in [6, 6.07) is 81.5. The fourth-order valence-electron chi connectivity index (χ4n) is 8.38. The van der Waals surface area contributed by atoms with Gasteiger partial charge < -0.3 is 4.90 Å². The first-order chi connectivity index (χ1) is 27.3. The third kappa shape index (κ3) is 5.75. The fraction of sp³-hybridized carbons (Fsp3) is 0. The summed E-state index contributed by atoms with van der Waals surface area (Å²) in [5.74, 6) is 0. The number of benzene rings is 10. The predicted molar refractivity (Wildman–Crippen MR) is 235 cm³/mol. The van der Waals surface area contributed by atoms with Crippen LogP contribution in [0, 0.1) is 0 Å². The molecule has 1 heteroatoms. The first-order valence-corrected chi connectivity index (χ1v) is 18.9. The van der Waals surface area contributed by atoms with Crippen LogP contribution in [0.3, 0.4) is 0 Å². The van der Waals surface area contributed by atoms with Gasteiger partial charge in [0.15, 0.2) is 0 Å². The quantitative estimate of drug-likeness (QED) is 0.150. The maximum atomic E-state index is 2.51. The zero-order valence-electron chi connectivity index (χ0n) is 30.3. The lowest BCUT2D eigenvalue weighted by atomic mass is 9.87. The molecular weight excluding hydrogens is 663 g/mol. The lowest BCUT2D eigenvalue weighted by Gasteiger charge is -2.32. The Morgan fingerprint density at radius 3 is 1.36 bits per heavy atom. The van der Waals surface area contributed by atoms with Crippen LogP contribution in [0.1, 0.15) is 0 Å². The summed E-state index contributed by atoms with van der Waals surface area (Å²) in [6.07, 6.45) is 0. The molecule has 1 nitrogen and oxygen atoms in total. The van der Waals surface area contributed by atoms with Crippen molar-refractivity contribution < 1.29 is 0 Å². The van der Waals surface area contributed by atoms with Gasteiger partial charge in [0.2, 0.25) is 0 Å². The molecule has 55 heavy (non-hydrogen) atoms. The minimum absolute atomic E-state index is 1.09. The van der Waals surface area contributed by atoms with E-state index < -0.39 is 0 Å². The van der Waals surface area contributed by atoms with Gasteiger partial charge >= 0.3 is 0 Å². The van der Waals surface area contributed by atoms with Gasteiger partial charge in [0.05, 0.1) is 11.4 Å². The second-order valence-electron chi connectivity index (χ2n) is 14.0. The Kier molecular flexibility index (Phi) is 8.24. The monoisotopic (exact) mass is 699 g/mol. The molecule has 0 bridgehead atoms. The Hall–Kier alpha value is -7.22. The van der Waals surface area contributed by atoms with Gasteiger partial charge in [-0.15, -0.1) is 0 Å². The van der Waals surface area contributed by atoms with E-state index in [1.54, 1.807) is 0 Å². The number of nitrogens with zero attached hydrogens (tertiary/aromatic N) is 1. The molecular formula is C54H37N. The molecule has 0 atom stereocenters. The van der Waals surface area contributed by atoms with Crippen LogP contribution in [-0.4, -0.2) is 0 Å². The van der Waals surface area contributed by atoms with Crippen molar-refractivity contribution in [3.63, 3.8) is 0 Å². The number of fused-ring (bicyclic) bond motifs is 4. The standard InChI is InChI=1S/C54H37N/c1-3-18-38(19-4-1)43-24-9-10-25-44(43)41-34-36-42(37-35-41)55(52-33-16-15-27-46(52)40-20-5-2-6-21-40)54-51-31-14-12-29-48(51)47-28-11-13-30-50(47)53(54)49-32-17-23-39-22-7-8-26-45(39)49/h1-37H. The van der Waals surface area contributed by atoms with Crippen molar-refractivity contribution in [2.45, 2.75) is 0 Å². The van der Waals surface area contributed by atoms with E-state index >= 15 is 0 Å². The SMILES string of the molecule is c1ccc(-c2ccccc2-c2ccc(N(c3ccccc3-c3ccccc3)c3c(-c4cccc5ccccc45)c4ccccc4c4ccccc34)cc2)cc1. The van der Waals surface area contributed by atoms with E-state index in [9.17, 15) is 0 Å². The van der Waals surface area contributed by atoms with Gasteiger partial charge in [0.25, 0.3) is 0 Å². The average molecular weight is 700 g/mol. The van der Waals surface area contributed by atoms with Crippen molar-refractivity contribution in [2.24, 2.45) is 0 Å². The molecule has 0 spiro atoms. The van der Waals surface area contributed by atoms with Crippen LogP contribution in [0.2, 0.25) is 0 Å². The molecule has 0 aliphatic rings. The Bertz CT molecular complexity index is 2960. The summed E-state index contributed by atoms with van der Waals surface area (Å²) in [5.41, 5.74) is 13.0. The molecule has 0 amide bonds. The van der Waals surface area contributed by atoms with Crippen LogP contribution >= 0.6 is 0 Å². The van der Waals surface area contributed by atoms with Crippen molar-refractivity contribution in [3.8, 4) is 44.5 Å². The van der Waals surface area contributed by atoms with Crippen LogP contribution in [-0.2, 0) is 0 Å². The van der Waals surface area contributed by atoms with Crippen molar-refractivity contribution in [1.82, 2.24) is 0 Å². The average Bonchev–Trinajstić information content (AvgIpc) is 3.27. The van der Waals surface area contributed by atoms with Gasteiger partial charge in [-0.25, -0.2) is 0 Å². The summed E-state index contributed by atoms with van der Waals surface area (Å²) in [4.78, 5) is 2.51. The summed E-state index contributed by atoms with van der Waals surface area (Å²) < 4.78 is 0. The van der Waals surface area contributed by atoms with E-state index in [2.05, 4.69) is 229 Å². The molecule has 0 heterocycles. The van der Waals surface area contributed by atoms with Gasteiger partial charge in [0, 0.05) is 22.2 Å². The maximum absolute atomic E-state index is 2.51. The Morgan fingerprint density at radius 2 is 0.691 bits per heavy atom. The van der Waals surface area contributed by atoms with E-state index in [1.807, 2.05) is 0 Å². The topological polar surface area (TPSA) is 3.24 Å². The Labute approximate surface area is 322 Å². The summed E-state index contributed by atoms with van der Waals surface area (Å²) in [5, 5.41) is 7.35. The number of para-hydroxylation sites is 1. The van der Waals surface area contributed by atoms with Crippen molar-refractivity contribution in [1.29, 1.82) is 0 Å². The lowest BCUT2D eigenvalue weighted by Crippen LogP contribution is -2.13. The van der Waals surface area contributed by atoms with E-state index in [-0.39, 0.29) is 0 Å². The summed E-state index contributed by atoms with van der Waals surface area (Å²) in [7, 11) is 0. The molecule has 0 saturated heterocycles. The van der Waals surface area contributed by atoms with Crippen molar-refractivity contribution in [3.05, 3.63) is 224 Å². The van der Waals surface area contributed by atoms with Gasteiger partial charge in [-0.1, -0.05) is 206 Å². The van der Waals surface area contributed by atoms with Crippen LogP contribution in [0.4, 0.5) is 17.1 Å². The number of anilines is 3. The molecule has 10 aromatic carbocycles. The Morgan fingerprint density at radius 1 is 0.255 bits per heavy atom. The maximum Gasteiger partial charge on any atom is 0.0625 e. The van der Waals surface area contributed by atoms with Gasteiger partial charge in [-0.3, -0.25) is 0 Å². The zero-order chi connectivity index (χ0) is 36.6. The lowest BCUT2D eigenvalue weighted by molar-refractivity contribution is 1.30. The summed E-state index contributed by atoms with van der Waals surface area (Å²) in [6.45, 7) is 0. The normalized spacial score (nSPS) is 11.3. The fourth-order valence-corrected chi connectivity index (χ4v) is 8.38. The second kappa shape index (κ2) is 14.0. The first kappa shape index (κ1) is 32.4. The smallest absolute Gasteiger partial charge is 0.0625 e. The molecule has 10 aromatic rings. The van der Waals surface area contributed by atoms with Gasteiger partial charge in [0.1, 0.15) is 0 Å². The zero-order valence-corrected chi connectivity index (χ0v) is 30.3. The predicted octanol–water partition coefficient (Wildman–Crippen LogP) is 15.3. The third-order valence-electron chi connectivity index (χ3n) is 10.9. The van der Waals surface area contributed by atoms with E-state index in [1.165, 1.54) is 76.8 Å². The van der Waals surface area contributed by atoms with E-state index in [4.69, 9.17) is 0 Å². The molecule has 10 rings (SSSR count). The molecule has 258 valence electrons. The molecule has 0 aromatic heterocycles. The molecule has 0 fully saturated rings. The Balaban J connectivity index is 1.30. The van der Waals surface area contributed by atoms with Crippen molar-refractivity contribution >= 4 is 49.4 Å². The molecule has 0 aliphatic heterocycles. The minimum Gasteiger partial charge on any atom is -0.309 e. The molecule has 0 N–H and O–H groups in total. The highest BCUT2D eigenvalue weighted by molar-refractivity contribution is 6.24. The summed E-state index contributed by atoms with van der Waals surface area (Å²) >= 11 is 0. The largest absolute Gasteiger partial charge is 0.309 e. The second-order valence-corrected chi connectivity index (χ2v) is 14.0. The highest BCUT2D eigenvalue weighted by Crippen LogP contribution is 2.52. The van der Waals surface area contributed by atoms with Crippen LogP contribution < -0.4 is 4.90 Å². The molecule has 0 aliphatic carbocycles. The number of rotatable bonds is 7. The van der Waals surface area contributed by atoms with E-state index in [0.717, 1.165) is 17.1 Å². The number of hydrogen-bond acceptors (Lipinski definition) is 1. The van der Waals surface area contributed by atoms with Crippen LogP contribution in [0.5, 0.6) is 0 Å². The minimum atomic E-state index is 1.09. The van der Waals surface area contributed by atoms with Crippen LogP contribution in [0.25, 0.3) is 76.8 Å².